The van der Waals surface area contributed by atoms with Gasteiger partial charge in [-0.25, -0.2) is 4.79 Å². The second kappa shape index (κ2) is 11.6. The molecule has 7 heteroatoms. The quantitative estimate of drug-likeness (QED) is 0.316. The zero-order chi connectivity index (χ0) is 27.2. The number of rotatable bonds is 8. The van der Waals surface area contributed by atoms with Crippen LogP contribution in [-0.4, -0.2) is 28.8 Å². The van der Waals surface area contributed by atoms with Crippen LogP contribution >= 0.6 is 0 Å². The molecule has 39 heavy (non-hydrogen) atoms. The molecule has 2 unspecified atom stereocenters. The van der Waals surface area contributed by atoms with Gasteiger partial charge >= 0.3 is 6.09 Å². The van der Waals surface area contributed by atoms with Gasteiger partial charge < -0.3 is 15.4 Å². The Hall–Kier alpha value is -4.91. The molecule has 0 aliphatic carbocycles. The molecule has 0 saturated carbocycles. The van der Waals surface area contributed by atoms with E-state index in [9.17, 15) is 14.4 Å². The summed E-state index contributed by atoms with van der Waals surface area (Å²) in [6, 6.07) is 32.5. The monoisotopic (exact) mass is 519 g/mol. The van der Waals surface area contributed by atoms with Gasteiger partial charge in [0.25, 0.3) is 5.91 Å². The molecule has 7 nitrogen and oxygen atoms in total. The number of anilines is 1. The van der Waals surface area contributed by atoms with Crippen LogP contribution in [0.25, 0.3) is 0 Å². The smallest absolute Gasteiger partial charge is 0.411 e. The molecule has 1 fully saturated rings. The van der Waals surface area contributed by atoms with Crippen LogP contribution in [0.2, 0.25) is 0 Å². The van der Waals surface area contributed by atoms with Crippen LogP contribution in [0.5, 0.6) is 0 Å². The van der Waals surface area contributed by atoms with Gasteiger partial charge in [0, 0.05) is 17.8 Å². The van der Waals surface area contributed by atoms with Crippen molar-refractivity contribution >= 4 is 23.6 Å². The molecule has 0 bridgehead atoms. The summed E-state index contributed by atoms with van der Waals surface area (Å²) in [5.74, 6) is -0.574. The Morgan fingerprint density at radius 1 is 0.821 bits per heavy atom. The van der Waals surface area contributed by atoms with E-state index in [2.05, 4.69) is 10.6 Å². The van der Waals surface area contributed by atoms with Crippen LogP contribution < -0.4 is 10.6 Å². The highest BCUT2D eigenvalue weighted by Gasteiger charge is 2.47. The van der Waals surface area contributed by atoms with E-state index in [0.29, 0.717) is 23.4 Å². The topological polar surface area (TPSA) is 87.7 Å². The van der Waals surface area contributed by atoms with Crippen molar-refractivity contribution in [2.75, 3.05) is 5.32 Å². The SMILES string of the molecule is Cc1ccc(CN2C(=O)OC(c3cccc(NC(=O)c4ccccc4)c3)C2C(=O)NCc2ccccc2)cc1. The molecule has 1 saturated heterocycles. The number of hydrogen-bond donors (Lipinski definition) is 2. The van der Waals surface area contributed by atoms with Gasteiger partial charge in [-0.3, -0.25) is 14.5 Å². The summed E-state index contributed by atoms with van der Waals surface area (Å²) in [5.41, 5.74) is 4.62. The van der Waals surface area contributed by atoms with E-state index in [-0.39, 0.29) is 18.4 Å². The minimum Gasteiger partial charge on any atom is -0.438 e. The summed E-state index contributed by atoms with van der Waals surface area (Å²) in [7, 11) is 0. The lowest BCUT2D eigenvalue weighted by Gasteiger charge is -2.24. The molecule has 3 amide bonds. The summed E-state index contributed by atoms with van der Waals surface area (Å²) in [5, 5.41) is 5.86. The number of benzene rings is 4. The highest BCUT2D eigenvalue weighted by molar-refractivity contribution is 6.04. The zero-order valence-corrected chi connectivity index (χ0v) is 21.5. The Bertz CT molecular complexity index is 1460. The van der Waals surface area contributed by atoms with E-state index in [1.807, 2.05) is 67.6 Å². The van der Waals surface area contributed by atoms with Crippen molar-refractivity contribution in [3.05, 3.63) is 137 Å². The number of aryl methyl sites for hydroxylation is 1. The van der Waals surface area contributed by atoms with E-state index in [1.165, 1.54) is 4.90 Å². The number of ether oxygens (including phenoxy) is 1. The van der Waals surface area contributed by atoms with E-state index >= 15 is 0 Å². The van der Waals surface area contributed by atoms with E-state index < -0.39 is 18.2 Å². The fourth-order valence-corrected chi connectivity index (χ4v) is 4.58. The van der Waals surface area contributed by atoms with Crippen molar-refractivity contribution in [2.24, 2.45) is 0 Å². The predicted octanol–water partition coefficient (Wildman–Crippen LogP) is 5.63. The first-order valence-electron chi connectivity index (χ1n) is 12.8. The first-order valence-corrected chi connectivity index (χ1v) is 12.8. The first kappa shape index (κ1) is 25.7. The number of nitrogens with zero attached hydrogens (tertiary/aromatic N) is 1. The van der Waals surface area contributed by atoms with Gasteiger partial charge in [-0.15, -0.1) is 0 Å². The normalized spacial score (nSPS) is 16.4. The molecule has 4 aromatic carbocycles. The molecule has 0 spiro atoms. The molecule has 0 aromatic heterocycles. The molecule has 1 aliphatic rings. The molecule has 1 aliphatic heterocycles. The van der Waals surface area contributed by atoms with Crippen LogP contribution in [0.15, 0.2) is 109 Å². The molecule has 196 valence electrons. The van der Waals surface area contributed by atoms with Crippen LogP contribution in [0, 0.1) is 6.92 Å². The van der Waals surface area contributed by atoms with Crippen molar-refractivity contribution in [3.8, 4) is 0 Å². The van der Waals surface area contributed by atoms with Gasteiger partial charge in [-0.1, -0.05) is 90.5 Å². The third-order valence-corrected chi connectivity index (χ3v) is 6.65. The number of carbonyl (C=O) groups excluding carboxylic acids is 3. The van der Waals surface area contributed by atoms with Crippen molar-refractivity contribution in [2.45, 2.75) is 32.2 Å². The lowest BCUT2D eigenvalue weighted by Crippen LogP contribution is -2.46. The molecule has 2 atom stereocenters. The van der Waals surface area contributed by atoms with E-state index in [4.69, 9.17) is 4.74 Å². The van der Waals surface area contributed by atoms with Crippen molar-refractivity contribution in [1.29, 1.82) is 0 Å². The lowest BCUT2D eigenvalue weighted by atomic mass is 9.99. The molecular formula is C32H29N3O4. The van der Waals surface area contributed by atoms with Gasteiger partial charge in [0.2, 0.25) is 5.91 Å². The van der Waals surface area contributed by atoms with E-state index in [0.717, 1.165) is 16.7 Å². The van der Waals surface area contributed by atoms with Crippen molar-refractivity contribution < 1.29 is 19.1 Å². The third kappa shape index (κ3) is 6.15. The third-order valence-electron chi connectivity index (χ3n) is 6.65. The average Bonchev–Trinajstić information content (AvgIpc) is 3.29. The van der Waals surface area contributed by atoms with Crippen molar-refractivity contribution in [3.63, 3.8) is 0 Å². The summed E-state index contributed by atoms with van der Waals surface area (Å²) in [4.78, 5) is 40.9. The summed E-state index contributed by atoms with van der Waals surface area (Å²) in [6.07, 6.45) is -1.42. The van der Waals surface area contributed by atoms with Crippen molar-refractivity contribution in [1.82, 2.24) is 10.2 Å². The molecule has 5 rings (SSSR count). The van der Waals surface area contributed by atoms with Gasteiger partial charge in [-0.05, 0) is 47.9 Å². The lowest BCUT2D eigenvalue weighted by molar-refractivity contribution is -0.126. The highest BCUT2D eigenvalue weighted by atomic mass is 16.6. The summed E-state index contributed by atoms with van der Waals surface area (Å²) >= 11 is 0. The standard InChI is InChI=1S/C32H29N3O4/c1-22-15-17-24(18-16-22)21-35-28(31(37)33-20-23-9-4-2-5-10-23)29(39-32(35)38)26-13-8-14-27(19-26)34-30(36)25-11-6-3-7-12-25/h2-19,28-29H,20-21H2,1H3,(H,33,37)(H,34,36). The molecule has 0 radical (unpaired) electrons. The second-order valence-corrected chi connectivity index (χ2v) is 9.51. The maximum absolute atomic E-state index is 13.6. The molecular weight excluding hydrogens is 490 g/mol. The van der Waals surface area contributed by atoms with Gasteiger partial charge in [-0.2, -0.15) is 0 Å². The molecule has 2 N–H and O–H groups in total. The Labute approximate surface area is 227 Å². The molecule has 1 heterocycles. The van der Waals surface area contributed by atoms with E-state index in [1.54, 1.807) is 48.5 Å². The maximum Gasteiger partial charge on any atom is 0.411 e. The number of hydrogen-bond acceptors (Lipinski definition) is 4. The van der Waals surface area contributed by atoms with Crippen LogP contribution in [0.4, 0.5) is 10.5 Å². The molecule has 4 aromatic rings. The summed E-state index contributed by atoms with van der Waals surface area (Å²) in [6.45, 7) is 2.54. The number of nitrogens with one attached hydrogen (secondary N) is 2. The minimum atomic E-state index is -0.900. The number of amides is 3. The average molecular weight is 520 g/mol. The Morgan fingerprint density at radius 2 is 1.51 bits per heavy atom. The first-order chi connectivity index (χ1) is 19.0. The Kier molecular flexibility index (Phi) is 7.68. The minimum absolute atomic E-state index is 0.226. The number of cyclic esters (lactones) is 1. The highest BCUT2D eigenvalue weighted by Crippen LogP contribution is 2.35. The maximum atomic E-state index is 13.6. The predicted molar refractivity (Wildman–Crippen MR) is 149 cm³/mol. The van der Waals surface area contributed by atoms with Crippen LogP contribution in [0.1, 0.15) is 38.7 Å². The summed E-state index contributed by atoms with van der Waals surface area (Å²) < 4.78 is 5.80. The van der Waals surface area contributed by atoms with Gasteiger partial charge in [0.1, 0.15) is 0 Å². The fourth-order valence-electron chi connectivity index (χ4n) is 4.58. The Morgan fingerprint density at radius 3 is 2.23 bits per heavy atom. The van der Waals surface area contributed by atoms with Gasteiger partial charge in [0.15, 0.2) is 12.1 Å². The number of carbonyl (C=O) groups is 3. The van der Waals surface area contributed by atoms with Crippen LogP contribution in [0.3, 0.4) is 0 Å². The Balaban J connectivity index is 1.40. The zero-order valence-electron chi connectivity index (χ0n) is 21.5. The van der Waals surface area contributed by atoms with Crippen LogP contribution in [-0.2, 0) is 22.6 Å². The largest absolute Gasteiger partial charge is 0.438 e. The van der Waals surface area contributed by atoms with Gasteiger partial charge in [0.05, 0.1) is 6.54 Å². The fraction of sp³-hybridized carbons (Fsp3) is 0.156. The second-order valence-electron chi connectivity index (χ2n) is 9.51.